The lowest BCUT2D eigenvalue weighted by Crippen LogP contribution is -2.37. The summed E-state index contributed by atoms with van der Waals surface area (Å²) in [5.74, 6) is -0.0876. The van der Waals surface area contributed by atoms with Crippen molar-refractivity contribution < 1.29 is 23.8 Å². The van der Waals surface area contributed by atoms with E-state index in [-0.39, 0.29) is 12.0 Å². The first-order chi connectivity index (χ1) is 10.9. The molecule has 0 bridgehead atoms. The van der Waals surface area contributed by atoms with Gasteiger partial charge >= 0.3 is 12.1 Å². The van der Waals surface area contributed by atoms with E-state index in [1.54, 1.807) is 20.8 Å². The third-order valence-corrected chi connectivity index (χ3v) is 2.68. The summed E-state index contributed by atoms with van der Waals surface area (Å²) in [5, 5.41) is 0. The molecule has 0 spiro atoms. The smallest absolute Gasteiger partial charge is 0.488 e. The van der Waals surface area contributed by atoms with Crippen LogP contribution in [0, 0.1) is 0 Å². The highest BCUT2D eigenvalue weighted by atomic mass is 16.7. The molecule has 134 valence electrons. The Morgan fingerprint density at radius 1 is 1.00 bits per heavy atom. The maximum atomic E-state index is 11.8. The van der Waals surface area contributed by atoms with E-state index >= 15 is 0 Å². The van der Waals surface area contributed by atoms with E-state index < -0.39 is 23.8 Å². The minimum absolute atomic E-state index is 0.247. The first-order valence-electron chi connectivity index (χ1n) is 7.84. The number of nitrogens with two attached hydrogens (primary N) is 1. The van der Waals surface area contributed by atoms with Crippen LogP contribution in [0.2, 0.25) is 0 Å². The molecule has 0 aromatic heterocycles. The van der Waals surface area contributed by atoms with Crippen molar-refractivity contribution in [3.63, 3.8) is 0 Å². The van der Waals surface area contributed by atoms with Gasteiger partial charge < -0.3 is 19.9 Å². The lowest BCUT2D eigenvalue weighted by molar-refractivity contribution is -0.142. The number of carbonyl (C=O) groups is 2. The second-order valence-electron chi connectivity index (χ2n) is 7.55. The predicted molar refractivity (Wildman–Crippen MR) is 90.8 cm³/mol. The van der Waals surface area contributed by atoms with Crippen molar-refractivity contribution in [2.75, 3.05) is 0 Å². The highest BCUT2D eigenvalue weighted by Crippen LogP contribution is 2.19. The molecule has 1 aromatic rings. The Bertz CT molecular complexity index is 567. The van der Waals surface area contributed by atoms with Gasteiger partial charge in [0.15, 0.2) is 0 Å². The molecule has 2 N–H and O–H groups in total. The van der Waals surface area contributed by atoms with Gasteiger partial charge in [-0.25, -0.2) is 9.59 Å². The molecule has 1 aromatic carbocycles. The van der Waals surface area contributed by atoms with Crippen molar-refractivity contribution >= 4 is 12.1 Å². The zero-order chi connectivity index (χ0) is 18.5. The largest absolute Gasteiger partial charge is 0.516 e. The molecule has 0 saturated heterocycles. The SMILES string of the molecule is CC(C)(C)OC(=O)OC(=O)[C@@H](N)Cc1ccc(OC(C)(C)C)cc1. The number of esters is 1. The van der Waals surface area contributed by atoms with Gasteiger partial charge in [0.1, 0.15) is 23.0 Å². The predicted octanol–water partition coefficient (Wildman–Crippen LogP) is 3.21. The molecule has 0 heterocycles. The standard InChI is InChI=1S/C18H27NO5/c1-17(2,3)23-13-9-7-12(8-10-13)11-14(19)15(20)22-16(21)24-18(4,5)6/h7-10,14H,11,19H2,1-6H3/t14-/m0/s1. The van der Waals surface area contributed by atoms with E-state index in [0.29, 0.717) is 0 Å². The van der Waals surface area contributed by atoms with Crippen molar-refractivity contribution in [3.8, 4) is 5.75 Å². The maximum absolute atomic E-state index is 11.8. The molecule has 0 aliphatic heterocycles. The van der Waals surface area contributed by atoms with Crippen LogP contribution in [0.1, 0.15) is 47.1 Å². The van der Waals surface area contributed by atoms with Gasteiger partial charge in [-0.3, -0.25) is 0 Å². The number of hydrogen-bond acceptors (Lipinski definition) is 6. The molecule has 0 aliphatic rings. The lowest BCUT2D eigenvalue weighted by Gasteiger charge is -2.21. The fourth-order valence-electron chi connectivity index (χ4n) is 1.81. The Morgan fingerprint density at radius 2 is 1.54 bits per heavy atom. The highest BCUT2D eigenvalue weighted by Gasteiger charge is 2.24. The monoisotopic (exact) mass is 337 g/mol. The zero-order valence-corrected chi connectivity index (χ0v) is 15.2. The molecule has 1 rings (SSSR count). The third kappa shape index (κ3) is 7.97. The molecule has 6 nitrogen and oxygen atoms in total. The molecule has 0 saturated carbocycles. The summed E-state index contributed by atoms with van der Waals surface area (Å²) in [6, 6.07) is 6.31. The summed E-state index contributed by atoms with van der Waals surface area (Å²) in [4.78, 5) is 23.3. The first-order valence-corrected chi connectivity index (χ1v) is 7.84. The second-order valence-corrected chi connectivity index (χ2v) is 7.55. The van der Waals surface area contributed by atoms with Crippen molar-refractivity contribution in [1.82, 2.24) is 0 Å². The van der Waals surface area contributed by atoms with Crippen LogP contribution in [0.25, 0.3) is 0 Å². The molecule has 0 amide bonds. The van der Waals surface area contributed by atoms with Crippen LogP contribution in [0.15, 0.2) is 24.3 Å². The quantitative estimate of drug-likeness (QED) is 0.670. The average Bonchev–Trinajstić information content (AvgIpc) is 2.36. The fourth-order valence-corrected chi connectivity index (χ4v) is 1.81. The van der Waals surface area contributed by atoms with Crippen molar-refractivity contribution in [1.29, 1.82) is 0 Å². The van der Waals surface area contributed by atoms with E-state index in [0.717, 1.165) is 11.3 Å². The van der Waals surface area contributed by atoms with Crippen LogP contribution in [0.3, 0.4) is 0 Å². The minimum Gasteiger partial charge on any atom is -0.488 e. The molecule has 6 heteroatoms. The van der Waals surface area contributed by atoms with E-state index in [2.05, 4.69) is 4.74 Å². The summed E-state index contributed by atoms with van der Waals surface area (Å²) in [6.07, 6.45) is -0.797. The molecule has 1 atom stereocenters. The van der Waals surface area contributed by atoms with Gasteiger partial charge in [-0.2, -0.15) is 0 Å². The van der Waals surface area contributed by atoms with Crippen molar-refractivity contribution in [3.05, 3.63) is 29.8 Å². The molecular weight excluding hydrogens is 310 g/mol. The number of hydrogen-bond donors (Lipinski definition) is 1. The van der Waals surface area contributed by atoms with E-state index in [1.165, 1.54) is 0 Å². The van der Waals surface area contributed by atoms with Gasteiger partial charge in [-0.15, -0.1) is 0 Å². The number of rotatable bonds is 4. The summed E-state index contributed by atoms with van der Waals surface area (Å²) < 4.78 is 15.2. The lowest BCUT2D eigenvalue weighted by atomic mass is 10.1. The zero-order valence-electron chi connectivity index (χ0n) is 15.2. The Hall–Kier alpha value is -2.08. The van der Waals surface area contributed by atoms with Gasteiger partial charge in [0.25, 0.3) is 0 Å². The highest BCUT2D eigenvalue weighted by molar-refractivity contribution is 5.85. The van der Waals surface area contributed by atoms with Crippen LogP contribution >= 0.6 is 0 Å². The van der Waals surface area contributed by atoms with Gasteiger partial charge in [-0.05, 0) is 65.7 Å². The first kappa shape index (κ1) is 20.0. The average molecular weight is 337 g/mol. The summed E-state index contributed by atoms with van der Waals surface area (Å²) in [7, 11) is 0. The molecule has 24 heavy (non-hydrogen) atoms. The van der Waals surface area contributed by atoms with Crippen molar-refractivity contribution in [2.24, 2.45) is 5.73 Å². The second kappa shape index (κ2) is 7.66. The third-order valence-electron chi connectivity index (χ3n) is 2.68. The van der Waals surface area contributed by atoms with Crippen molar-refractivity contribution in [2.45, 2.75) is 65.2 Å². The van der Waals surface area contributed by atoms with Crippen LogP contribution in [0.4, 0.5) is 4.79 Å². The van der Waals surface area contributed by atoms with Gasteiger partial charge in [0.2, 0.25) is 0 Å². The fraction of sp³-hybridized carbons (Fsp3) is 0.556. The molecular formula is C18H27NO5. The molecule has 0 aliphatic carbocycles. The number of benzene rings is 1. The van der Waals surface area contributed by atoms with Gasteiger partial charge in [0.05, 0.1) is 0 Å². The van der Waals surface area contributed by atoms with Gasteiger partial charge in [-0.1, -0.05) is 12.1 Å². The van der Waals surface area contributed by atoms with Crippen LogP contribution in [0.5, 0.6) is 5.75 Å². The van der Waals surface area contributed by atoms with E-state index in [1.807, 2.05) is 45.0 Å². The minimum atomic E-state index is -1.04. The Balaban J connectivity index is 2.56. The molecule has 0 fully saturated rings. The van der Waals surface area contributed by atoms with Crippen LogP contribution in [-0.2, 0) is 20.7 Å². The topological polar surface area (TPSA) is 87.9 Å². The van der Waals surface area contributed by atoms with E-state index in [4.69, 9.17) is 15.2 Å². The summed E-state index contributed by atoms with van der Waals surface area (Å²) in [6.45, 7) is 10.9. The normalized spacial score (nSPS) is 13.1. The molecule has 0 radical (unpaired) electrons. The Morgan fingerprint density at radius 3 is 2.00 bits per heavy atom. The van der Waals surface area contributed by atoms with Crippen LogP contribution < -0.4 is 10.5 Å². The van der Waals surface area contributed by atoms with Crippen LogP contribution in [-0.4, -0.2) is 29.4 Å². The number of carbonyl (C=O) groups excluding carboxylic acids is 2. The summed E-state index contributed by atoms with van der Waals surface area (Å²) in [5.41, 5.74) is 5.61. The van der Waals surface area contributed by atoms with Gasteiger partial charge in [0, 0.05) is 0 Å². The Labute approximate surface area is 143 Å². The number of ether oxygens (including phenoxy) is 3. The Kier molecular flexibility index (Phi) is 6.37. The summed E-state index contributed by atoms with van der Waals surface area (Å²) >= 11 is 0. The maximum Gasteiger partial charge on any atom is 0.516 e. The van der Waals surface area contributed by atoms with E-state index in [9.17, 15) is 9.59 Å². The molecule has 0 unspecified atom stereocenters.